The third-order valence-electron chi connectivity index (χ3n) is 3.48. The molecule has 1 aliphatic carbocycles. The maximum Gasteiger partial charge on any atom is 0.0233 e. The van der Waals surface area contributed by atoms with Gasteiger partial charge < -0.3 is 5.73 Å². The Bertz CT molecular complexity index is 304. The van der Waals surface area contributed by atoms with E-state index >= 15 is 0 Å². The largest absolute Gasteiger partial charge is 0.328 e. The average molecular weight is 218 g/mol. The van der Waals surface area contributed by atoms with Crippen LogP contribution in [0.4, 0.5) is 0 Å². The fourth-order valence-electron chi connectivity index (χ4n) is 2.45. The normalized spacial score (nSPS) is 24.4. The topological polar surface area (TPSA) is 29.3 Å². The first kappa shape index (κ1) is 11.6. The van der Waals surface area contributed by atoms with Crippen LogP contribution in [-0.4, -0.2) is 24.0 Å². The Morgan fingerprint density at radius 2 is 1.94 bits per heavy atom. The van der Waals surface area contributed by atoms with E-state index in [0.717, 1.165) is 19.0 Å². The van der Waals surface area contributed by atoms with Crippen LogP contribution in [0.2, 0.25) is 0 Å². The van der Waals surface area contributed by atoms with Crippen LogP contribution in [0.25, 0.3) is 0 Å². The van der Waals surface area contributed by atoms with Gasteiger partial charge in [0.05, 0.1) is 0 Å². The molecule has 0 aromatic heterocycles. The lowest BCUT2D eigenvalue weighted by molar-refractivity contribution is 0.160. The highest BCUT2D eigenvalue weighted by Crippen LogP contribution is 2.26. The molecule has 1 aromatic carbocycles. The Hall–Kier alpha value is -0.860. The minimum Gasteiger partial charge on any atom is -0.328 e. The maximum absolute atomic E-state index is 5.82. The standard InChI is InChI=1S/C14H22N2/c1-2-16(11-13-8-14(15)9-13)10-12-6-4-3-5-7-12/h3-7,13-14H,2,8-11,15H2,1H3. The van der Waals surface area contributed by atoms with Crippen LogP contribution in [0.1, 0.15) is 25.3 Å². The molecule has 2 heteroatoms. The van der Waals surface area contributed by atoms with Crippen LogP contribution in [0.3, 0.4) is 0 Å². The summed E-state index contributed by atoms with van der Waals surface area (Å²) in [6.07, 6.45) is 2.43. The quantitative estimate of drug-likeness (QED) is 0.821. The molecule has 2 rings (SSSR count). The third-order valence-corrected chi connectivity index (χ3v) is 3.48. The number of rotatable bonds is 5. The van der Waals surface area contributed by atoms with Crippen molar-refractivity contribution >= 4 is 0 Å². The molecule has 2 N–H and O–H groups in total. The number of nitrogens with zero attached hydrogens (tertiary/aromatic N) is 1. The minimum atomic E-state index is 0.473. The number of hydrogen-bond acceptors (Lipinski definition) is 2. The Kier molecular flexibility index (Phi) is 3.97. The Morgan fingerprint density at radius 3 is 2.50 bits per heavy atom. The van der Waals surface area contributed by atoms with Crippen LogP contribution >= 0.6 is 0 Å². The number of benzene rings is 1. The molecule has 1 fully saturated rings. The predicted molar refractivity (Wildman–Crippen MR) is 68.1 cm³/mol. The van der Waals surface area contributed by atoms with Crippen LogP contribution in [0.15, 0.2) is 30.3 Å². The van der Waals surface area contributed by atoms with Crippen molar-refractivity contribution in [3.8, 4) is 0 Å². The molecule has 1 aliphatic rings. The molecule has 2 nitrogen and oxygen atoms in total. The molecule has 0 spiro atoms. The molecule has 0 amide bonds. The molecule has 0 unspecified atom stereocenters. The summed E-state index contributed by atoms with van der Waals surface area (Å²) in [5, 5.41) is 0. The summed E-state index contributed by atoms with van der Waals surface area (Å²) in [6.45, 7) is 5.64. The van der Waals surface area contributed by atoms with Crippen LogP contribution in [0.5, 0.6) is 0 Å². The van der Waals surface area contributed by atoms with Gasteiger partial charge in [0.1, 0.15) is 0 Å². The molecule has 1 saturated carbocycles. The highest BCUT2D eigenvalue weighted by atomic mass is 15.1. The second-order valence-electron chi connectivity index (χ2n) is 4.91. The van der Waals surface area contributed by atoms with Crippen LogP contribution in [0, 0.1) is 5.92 Å². The van der Waals surface area contributed by atoms with Gasteiger partial charge in [0, 0.05) is 19.1 Å². The van der Waals surface area contributed by atoms with E-state index in [1.807, 2.05) is 0 Å². The van der Waals surface area contributed by atoms with Gasteiger partial charge in [-0.05, 0) is 30.9 Å². The zero-order valence-electron chi connectivity index (χ0n) is 10.1. The zero-order valence-corrected chi connectivity index (χ0v) is 10.1. The van der Waals surface area contributed by atoms with E-state index in [9.17, 15) is 0 Å². The molecule has 0 atom stereocenters. The average Bonchev–Trinajstić information content (AvgIpc) is 2.27. The predicted octanol–water partition coefficient (Wildman–Crippen LogP) is 2.25. The van der Waals surface area contributed by atoms with E-state index < -0.39 is 0 Å². The van der Waals surface area contributed by atoms with Crippen molar-refractivity contribution in [2.75, 3.05) is 13.1 Å². The molecule has 0 radical (unpaired) electrons. The minimum absolute atomic E-state index is 0.473. The fourth-order valence-corrected chi connectivity index (χ4v) is 2.45. The SMILES string of the molecule is CCN(Cc1ccccc1)CC1CC(N)C1. The third kappa shape index (κ3) is 3.06. The Morgan fingerprint density at radius 1 is 1.25 bits per heavy atom. The first-order valence-electron chi connectivity index (χ1n) is 6.29. The summed E-state index contributed by atoms with van der Waals surface area (Å²) in [6, 6.07) is 11.2. The van der Waals surface area contributed by atoms with Crippen molar-refractivity contribution in [3.05, 3.63) is 35.9 Å². The van der Waals surface area contributed by atoms with Crippen LogP contribution < -0.4 is 5.73 Å². The van der Waals surface area contributed by atoms with Crippen molar-refractivity contribution in [2.24, 2.45) is 11.7 Å². The van der Waals surface area contributed by atoms with E-state index in [-0.39, 0.29) is 0 Å². The zero-order chi connectivity index (χ0) is 11.4. The van der Waals surface area contributed by atoms with Crippen molar-refractivity contribution in [1.29, 1.82) is 0 Å². The lowest BCUT2D eigenvalue weighted by Gasteiger charge is -2.36. The highest BCUT2D eigenvalue weighted by molar-refractivity contribution is 5.14. The molecular weight excluding hydrogens is 196 g/mol. The first-order valence-corrected chi connectivity index (χ1v) is 6.29. The van der Waals surface area contributed by atoms with E-state index in [0.29, 0.717) is 6.04 Å². The number of nitrogens with two attached hydrogens (primary N) is 1. The van der Waals surface area contributed by atoms with Gasteiger partial charge in [-0.1, -0.05) is 37.3 Å². The second kappa shape index (κ2) is 5.46. The van der Waals surface area contributed by atoms with E-state index in [1.165, 1.54) is 24.9 Å². The maximum atomic E-state index is 5.82. The summed E-state index contributed by atoms with van der Waals surface area (Å²) in [7, 11) is 0. The first-order chi connectivity index (χ1) is 7.78. The summed E-state index contributed by atoms with van der Waals surface area (Å²) in [4.78, 5) is 2.52. The summed E-state index contributed by atoms with van der Waals surface area (Å²) < 4.78 is 0. The van der Waals surface area contributed by atoms with Gasteiger partial charge in [-0.3, -0.25) is 4.90 Å². The smallest absolute Gasteiger partial charge is 0.0233 e. The van der Waals surface area contributed by atoms with Gasteiger partial charge in [-0.15, -0.1) is 0 Å². The Labute approximate surface area is 98.4 Å². The lowest BCUT2D eigenvalue weighted by Crippen LogP contribution is -2.42. The van der Waals surface area contributed by atoms with Crippen molar-refractivity contribution in [1.82, 2.24) is 4.90 Å². The van der Waals surface area contributed by atoms with Gasteiger partial charge in [0.25, 0.3) is 0 Å². The van der Waals surface area contributed by atoms with Crippen molar-refractivity contribution in [3.63, 3.8) is 0 Å². The van der Waals surface area contributed by atoms with Crippen molar-refractivity contribution in [2.45, 2.75) is 32.4 Å². The molecule has 0 saturated heterocycles. The molecule has 1 aromatic rings. The van der Waals surface area contributed by atoms with Crippen molar-refractivity contribution < 1.29 is 0 Å². The Balaban J connectivity index is 1.81. The molecule has 0 bridgehead atoms. The van der Waals surface area contributed by atoms with Gasteiger partial charge in [0.15, 0.2) is 0 Å². The second-order valence-corrected chi connectivity index (χ2v) is 4.91. The summed E-state index contributed by atoms with van der Waals surface area (Å²) in [5.41, 5.74) is 7.23. The lowest BCUT2D eigenvalue weighted by atomic mass is 9.80. The number of hydrogen-bond donors (Lipinski definition) is 1. The summed E-state index contributed by atoms with van der Waals surface area (Å²) >= 11 is 0. The van der Waals surface area contributed by atoms with E-state index in [1.54, 1.807) is 0 Å². The highest BCUT2D eigenvalue weighted by Gasteiger charge is 2.27. The fraction of sp³-hybridized carbons (Fsp3) is 0.571. The monoisotopic (exact) mass is 218 g/mol. The van der Waals surface area contributed by atoms with Gasteiger partial charge >= 0.3 is 0 Å². The molecule has 16 heavy (non-hydrogen) atoms. The van der Waals surface area contributed by atoms with Gasteiger partial charge in [-0.25, -0.2) is 0 Å². The summed E-state index contributed by atoms with van der Waals surface area (Å²) in [5.74, 6) is 0.832. The molecular formula is C14H22N2. The van der Waals surface area contributed by atoms with Gasteiger partial charge in [0.2, 0.25) is 0 Å². The molecule has 88 valence electrons. The van der Waals surface area contributed by atoms with Gasteiger partial charge in [-0.2, -0.15) is 0 Å². The van der Waals surface area contributed by atoms with Crippen LogP contribution in [-0.2, 0) is 6.54 Å². The van der Waals surface area contributed by atoms with E-state index in [2.05, 4.69) is 42.2 Å². The molecule has 0 heterocycles. The van der Waals surface area contributed by atoms with E-state index in [4.69, 9.17) is 5.73 Å². The molecule has 0 aliphatic heterocycles.